The van der Waals surface area contributed by atoms with E-state index >= 15 is 0 Å². The van der Waals surface area contributed by atoms with Crippen molar-refractivity contribution in [1.29, 1.82) is 0 Å². The molecule has 0 fully saturated rings. The van der Waals surface area contributed by atoms with E-state index in [1.807, 2.05) is 0 Å². The second-order valence-corrected chi connectivity index (χ2v) is 3.24. The van der Waals surface area contributed by atoms with Crippen LogP contribution in [0.3, 0.4) is 0 Å². The van der Waals surface area contributed by atoms with Gasteiger partial charge in [0, 0.05) is 0 Å². The van der Waals surface area contributed by atoms with E-state index in [9.17, 15) is 4.39 Å². The topological polar surface area (TPSA) is 43.6 Å². The van der Waals surface area contributed by atoms with Crippen molar-refractivity contribution in [1.82, 2.24) is 19.7 Å². The molecule has 0 unspecified atom stereocenters. The maximum Gasteiger partial charge on any atom is 0.181 e. The second-order valence-electron chi connectivity index (χ2n) is 3.24. The fraction of sp³-hybridized carbons (Fsp3) is 0. The van der Waals surface area contributed by atoms with Crippen molar-refractivity contribution in [2.24, 2.45) is 0 Å². The average Bonchev–Trinajstić information content (AvgIpc) is 2.74. The van der Waals surface area contributed by atoms with Crippen molar-refractivity contribution in [3.8, 4) is 5.69 Å². The highest BCUT2D eigenvalue weighted by atomic mass is 19.1. The van der Waals surface area contributed by atoms with Crippen molar-refractivity contribution in [2.45, 2.75) is 0 Å². The number of benzene rings is 1. The number of fused-ring (bicyclic) bond motifs is 1. The third-order valence-corrected chi connectivity index (χ3v) is 2.23. The molecule has 0 saturated heterocycles. The summed E-state index contributed by atoms with van der Waals surface area (Å²) in [5.41, 5.74) is 2.04. The highest BCUT2D eigenvalue weighted by molar-refractivity contribution is 5.70. The van der Waals surface area contributed by atoms with Gasteiger partial charge in [-0.05, 0) is 24.3 Å². The van der Waals surface area contributed by atoms with Crippen LogP contribution in [-0.2, 0) is 0 Å². The molecule has 1 aromatic carbocycles. The third-order valence-electron chi connectivity index (χ3n) is 2.23. The lowest BCUT2D eigenvalue weighted by molar-refractivity contribution is 0.627. The van der Waals surface area contributed by atoms with Gasteiger partial charge >= 0.3 is 0 Å². The standard InChI is InChI=1S/C11H6FN4/c12-8-1-3-9(4-2-8)16-11-10(7-15-16)13-5-6-14-11/h1-4,6-7H. The first-order chi connectivity index (χ1) is 7.84. The first kappa shape index (κ1) is 8.96. The Hall–Kier alpha value is -2.30. The minimum atomic E-state index is -0.278. The van der Waals surface area contributed by atoms with Crippen LogP contribution in [0.15, 0.2) is 36.7 Å². The Morgan fingerprint density at radius 1 is 1.19 bits per heavy atom. The lowest BCUT2D eigenvalue weighted by atomic mass is 10.3. The van der Waals surface area contributed by atoms with Crippen LogP contribution in [0.1, 0.15) is 0 Å². The van der Waals surface area contributed by atoms with Gasteiger partial charge in [-0.15, -0.1) is 0 Å². The predicted octanol–water partition coefficient (Wildman–Crippen LogP) is 1.75. The first-order valence-corrected chi connectivity index (χ1v) is 4.67. The van der Waals surface area contributed by atoms with Gasteiger partial charge in [0.05, 0.1) is 18.1 Å². The lowest BCUT2D eigenvalue weighted by Gasteiger charge is -2.01. The molecule has 3 aromatic rings. The third kappa shape index (κ3) is 1.33. The van der Waals surface area contributed by atoms with Crippen molar-refractivity contribution in [3.63, 3.8) is 0 Å². The Balaban J connectivity index is 2.22. The smallest absolute Gasteiger partial charge is 0.181 e. The zero-order valence-corrected chi connectivity index (χ0v) is 8.13. The summed E-state index contributed by atoms with van der Waals surface area (Å²) in [5, 5.41) is 4.14. The normalized spacial score (nSPS) is 10.8. The van der Waals surface area contributed by atoms with Crippen molar-refractivity contribution < 1.29 is 4.39 Å². The summed E-state index contributed by atoms with van der Waals surface area (Å²) in [5.74, 6) is -0.278. The minimum absolute atomic E-state index is 0.278. The van der Waals surface area contributed by atoms with E-state index in [4.69, 9.17) is 0 Å². The lowest BCUT2D eigenvalue weighted by Crippen LogP contribution is -1.97. The van der Waals surface area contributed by atoms with Crippen LogP contribution in [0.2, 0.25) is 0 Å². The summed E-state index contributed by atoms with van der Waals surface area (Å²) >= 11 is 0. The molecule has 0 aliphatic carbocycles. The summed E-state index contributed by atoms with van der Waals surface area (Å²) in [6.07, 6.45) is 5.71. The van der Waals surface area contributed by atoms with E-state index in [1.165, 1.54) is 18.3 Å². The van der Waals surface area contributed by atoms with Crippen molar-refractivity contribution in [3.05, 3.63) is 48.7 Å². The molecule has 1 radical (unpaired) electrons. The van der Waals surface area contributed by atoms with E-state index in [0.717, 1.165) is 5.69 Å². The maximum absolute atomic E-state index is 12.8. The van der Waals surface area contributed by atoms with Gasteiger partial charge < -0.3 is 0 Å². The van der Waals surface area contributed by atoms with Crippen LogP contribution in [0.4, 0.5) is 4.39 Å². The summed E-state index contributed by atoms with van der Waals surface area (Å²) < 4.78 is 14.4. The van der Waals surface area contributed by atoms with Gasteiger partial charge in [0.1, 0.15) is 17.5 Å². The van der Waals surface area contributed by atoms with E-state index in [0.29, 0.717) is 11.2 Å². The highest BCUT2D eigenvalue weighted by Crippen LogP contribution is 2.14. The molecule has 3 rings (SSSR count). The fourth-order valence-corrected chi connectivity index (χ4v) is 1.49. The summed E-state index contributed by atoms with van der Waals surface area (Å²) in [4.78, 5) is 8.13. The molecular formula is C11H6FN4. The molecule has 0 bridgehead atoms. The molecule has 0 saturated carbocycles. The zero-order valence-electron chi connectivity index (χ0n) is 8.13. The molecule has 4 nitrogen and oxygen atoms in total. The van der Waals surface area contributed by atoms with E-state index < -0.39 is 0 Å². The van der Waals surface area contributed by atoms with Gasteiger partial charge in [-0.2, -0.15) is 5.10 Å². The summed E-state index contributed by atoms with van der Waals surface area (Å²) in [6.45, 7) is 0. The van der Waals surface area contributed by atoms with E-state index in [-0.39, 0.29) is 5.82 Å². The number of nitrogens with zero attached hydrogens (tertiary/aromatic N) is 4. The molecule has 2 aromatic heterocycles. The Kier molecular flexibility index (Phi) is 1.89. The molecule has 0 aliphatic rings. The average molecular weight is 213 g/mol. The largest absolute Gasteiger partial charge is 0.239 e. The van der Waals surface area contributed by atoms with Gasteiger partial charge in [-0.3, -0.25) is 0 Å². The molecule has 5 heteroatoms. The fourth-order valence-electron chi connectivity index (χ4n) is 1.49. The van der Waals surface area contributed by atoms with Crippen LogP contribution >= 0.6 is 0 Å². The van der Waals surface area contributed by atoms with E-state index in [2.05, 4.69) is 21.3 Å². The van der Waals surface area contributed by atoms with Crippen LogP contribution in [-0.4, -0.2) is 19.7 Å². The molecule has 16 heavy (non-hydrogen) atoms. The van der Waals surface area contributed by atoms with Gasteiger partial charge in [-0.1, -0.05) is 0 Å². The monoisotopic (exact) mass is 213 g/mol. The Labute approximate surface area is 90.4 Å². The van der Waals surface area contributed by atoms with Gasteiger partial charge in [0.25, 0.3) is 0 Å². The second kappa shape index (κ2) is 3.37. The van der Waals surface area contributed by atoms with Gasteiger partial charge in [0.2, 0.25) is 0 Å². The van der Waals surface area contributed by atoms with Crippen LogP contribution < -0.4 is 0 Å². The number of aromatic nitrogens is 4. The van der Waals surface area contributed by atoms with Crippen molar-refractivity contribution in [2.75, 3.05) is 0 Å². The highest BCUT2D eigenvalue weighted by Gasteiger charge is 2.05. The zero-order chi connectivity index (χ0) is 11.0. The molecule has 77 valence electrons. The number of hydrogen-bond donors (Lipinski definition) is 0. The Morgan fingerprint density at radius 3 is 2.81 bits per heavy atom. The minimum Gasteiger partial charge on any atom is -0.239 e. The molecular weight excluding hydrogens is 207 g/mol. The van der Waals surface area contributed by atoms with Gasteiger partial charge in [-0.25, -0.2) is 19.0 Å². The molecule has 0 atom stereocenters. The molecule has 0 amide bonds. The summed E-state index contributed by atoms with van der Waals surface area (Å²) in [7, 11) is 0. The quantitative estimate of drug-likeness (QED) is 0.618. The van der Waals surface area contributed by atoms with Crippen LogP contribution in [0.25, 0.3) is 16.9 Å². The number of rotatable bonds is 1. The van der Waals surface area contributed by atoms with Crippen LogP contribution in [0.5, 0.6) is 0 Å². The van der Waals surface area contributed by atoms with Gasteiger partial charge in [0.15, 0.2) is 5.65 Å². The SMILES string of the molecule is Fc1ccc(-n2ncc3n[c]cnc32)cc1. The first-order valence-electron chi connectivity index (χ1n) is 4.67. The van der Waals surface area contributed by atoms with Crippen LogP contribution in [0, 0.1) is 12.0 Å². The number of halogens is 1. The predicted molar refractivity (Wildman–Crippen MR) is 55.5 cm³/mol. The molecule has 2 heterocycles. The maximum atomic E-state index is 12.8. The Bertz CT molecular complexity index is 630. The molecule has 0 spiro atoms. The Morgan fingerprint density at radius 2 is 2.00 bits per heavy atom. The van der Waals surface area contributed by atoms with E-state index in [1.54, 1.807) is 23.0 Å². The molecule has 0 aliphatic heterocycles. The molecule has 0 N–H and O–H groups in total. The number of hydrogen-bond acceptors (Lipinski definition) is 3. The summed E-state index contributed by atoms with van der Waals surface area (Å²) in [6, 6.07) is 6.04. The van der Waals surface area contributed by atoms with Crippen molar-refractivity contribution >= 4 is 11.2 Å².